The zero-order chi connectivity index (χ0) is 15.7. The highest BCUT2D eigenvalue weighted by atomic mass is 79.9. The lowest BCUT2D eigenvalue weighted by molar-refractivity contribution is -0.137. The highest BCUT2D eigenvalue weighted by Gasteiger charge is 2.06. The Kier molecular flexibility index (Phi) is 8.61. The van der Waals surface area contributed by atoms with Crippen LogP contribution in [-0.2, 0) is 4.79 Å². The lowest BCUT2D eigenvalue weighted by Gasteiger charge is -2.06. The summed E-state index contributed by atoms with van der Waals surface area (Å²) in [6.45, 7) is 0.641. The summed E-state index contributed by atoms with van der Waals surface area (Å²) < 4.78 is 1.72. The van der Waals surface area contributed by atoms with E-state index in [1.54, 1.807) is 12.1 Å². The van der Waals surface area contributed by atoms with Gasteiger partial charge in [-0.2, -0.15) is 0 Å². The molecule has 4 nitrogen and oxygen atoms in total. The zero-order valence-electron chi connectivity index (χ0n) is 11.7. The fourth-order valence-corrected chi connectivity index (χ4v) is 3.21. The van der Waals surface area contributed by atoms with Gasteiger partial charge < -0.3 is 10.4 Å². The third kappa shape index (κ3) is 8.21. The van der Waals surface area contributed by atoms with E-state index in [9.17, 15) is 9.59 Å². The Balaban J connectivity index is 2.15. The van der Waals surface area contributed by atoms with E-state index in [-0.39, 0.29) is 12.3 Å². The van der Waals surface area contributed by atoms with Gasteiger partial charge in [-0.25, -0.2) is 0 Å². The Morgan fingerprint density at radius 1 is 0.952 bits per heavy atom. The smallest absolute Gasteiger partial charge is 0.303 e. The molecule has 116 valence electrons. The number of carbonyl (C=O) groups is 2. The predicted molar refractivity (Wildman–Crippen MR) is 89.5 cm³/mol. The van der Waals surface area contributed by atoms with E-state index in [4.69, 9.17) is 5.11 Å². The highest BCUT2D eigenvalue weighted by Crippen LogP contribution is 2.20. The molecule has 0 aliphatic rings. The van der Waals surface area contributed by atoms with Crippen molar-refractivity contribution in [3.63, 3.8) is 0 Å². The molecule has 6 heteroatoms. The van der Waals surface area contributed by atoms with Crippen molar-refractivity contribution in [3.05, 3.63) is 32.7 Å². The number of aliphatic carboxylic acids is 1. The van der Waals surface area contributed by atoms with Gasteiger partial charge in [-0.15, -0.1) is 0 Å². The maximum Gasteiger partial charge on any atom is 0.303 e. The largest absolute Gasteiger partial charge is 0.481 e. The summed E-state index contributed by atoms with van der Waals surface area (Å²) in [7, 11) is 0. The SMILES string of the molecule is O=C(O)CCCCCCCNC(=O)c1cc(Br)cc(Br)c1. The fraction of sp³-hybridized carbons (Fsp3) is 0.467. The van der Waals surface area contributed by atoms with Crippen LogP contribution < -0.4 is 5.32 Å². The van der Waals surface area contributed by atoms with Crippen molar-refractivity contribution in [3.8, 4) is 0 Å². The quantitative estimate of drug-likeness (QED) is 0.583. The minimum absolute atomic E-state index is 0.0807. The van der Waals surface area contributed by atoms with Gasteiger partial charge in [-0.1, -0.05) is 51.1 Å². The van der Waals surface area contributed by atoms with Crippen LogP contribution in [0.4, 0.5) is 0 Å². The minimum Gasteiger partial charge on any atom is -0.481 e. The average Bonchev–Trinajstić information content (AvgIpc) is 2.40. The Labute approximate surface area is 141 Å². The molecule has 0 fully saturated rings. The second-order valence-corrected chi connectivity index (χ2v) is 6.66. The molecule has 0 atom stereocenters. The van der Waals surface area contributed by atoms with Gasteiger partial charge in [0.2, 0.25) is 0 Å². The first-order valence-electron chi connectivity index (χ1n) is 6.95. The van der Waals surface area contributed by atoms with Crippen molar-refractivity contribution < 1.29 is 14.7 Å². The van der Waals surface area contributed by atoms with E-state index in [2.05, 4.69) is 37.2 Å². The van der Waals surface area contributed by atoms with Gasteiger partial charge in [-0.05, 0) is 31.0 Å². The van der Waals surface area contributed by atoms with Crippen LogP contribution in [0.5, 0.6) is 0 Å². The summed E-state index contributed by atoms with van der Waals surface area (Å²) in [5.74, 6) is -0.815. The number of nitrogens with one attached hydrogen (secondary N) is 1. The van der Waals surface area contributed by atoms with Crippen LogP contribution in [0.15, 0.2) is 27.1 Å². The number of benzene rings is 1. The first kappa shape index (κ1) is 18.2. The van der Waals surface area contributed by atoms with Crippen molar-refractivity contribution in [1.82, 2.24) is 5.32 Å². The maximum atomic E-state index is 11.9. The lowest BCUT2D eigenvalue weighted by Crippen LogP contribution is -2.24. The lowest BCUT2D eigenvalue weighted by atomic mass is 10.1. The Hall–Kier alpha value is -0.880. The van der Waals surface area contributed by atoms with Crippen LogP contribution in [0.25, 0.3) is 0 Å². The van der Waals surface area contributed by atoms with E-state index in [1.807, 2.05) is 6.07 Å². The monoisotopic (exact) mass is 419 g/mol. The number of hydrogen-bond acceptors (Lipinski definition) is 2. The standard InChI is InChI=1S/C15H19Br2NO3/c16-12-8-11(9-13(17)10-12)15(21)18-7-5-3-1-2-4-6-14(19)20/h8-10H,1-7H2,(H,18,21)(H,19,20). The second-order valence-electron chi connectivity index (χ2n) is 4.83. The minimum atomic E-state index is -0.734. The number of carboxylic acids is 1. The van der Waals surface area contributed by atoms with Crippen LogP contribution >= 0.6 is 31.9 Å². The summed E-state index contributed by atoms with van der Waals surface area (Å²) in [4.78, 5) is 22.3. The molecule has 0 bridgehead atoms. The average molecular weight is 421 g/mol. The van der Waals surface area contributed by atoms with Crippen molar-refractivity contribution in [2.75, 3.05) is 6.54 Å². The molecule has 1 aromatic rings. The van der Waals surface area contributed by atoms with Crippen molar-refractivity contribution in [2.45, 2.75) is 38.5 Å². The van der Waals surface area contributed by atoms with Crippen LogP contribution in [0.1, 0.15) is 48.9 Å². The highest BCUT2D eigenvalue weighted by molar-refractivity contribution is 9.11. The number of carboxylic acid groups (broad SMARTS) is 1. The molecule has 0 aliphatic carbocycles. The second kappa shape index (κ2) is 9.95. The first-order chi connectivity index (χ1) is 9.99. The molecule has 1 aromatic carbocycles. The molecule has 2 N–H and O–H groups in total. The van der Waals surface area contributed by atoms with Crippen molar-refractivity contribution in [2.24, 2.45) is 0 Å². The third-order valence-electron chi connectivity index (χ3n) is 2.98. The molecular formula is C15H19Br2NO3. The molecule has 0 radical (unpaired) electrons. The van der Waals surface area contributed by atoms with Crippen LogP contribution in [-0.4, -0.2) is 23.5 Å². The summed E-state index contributed by atoms with van der Waals surface area (Å²) in [6.07, 6.45) is 4.82. The van der Waals surface area contributed by atoms with Gasteiger partial charge in [0.1, 0.15) is 0 Å². The zero-order valence-corrected chi connectivity index (χ0v) is 14.9. The predicted octanol–water partition coefficient (Wildman–Crippen LogP) is 4.37. The van der Waals surface area contributed by atoms with Gasteiger partial charge in [0.15, 0.2) is 0 Å². The molecule has 0 aliphatic heterocycles. The molecule has 1 rings (SSSR count). The molecule has 0 aromatic heterocycles. The molecule has 0 saturated heterocycles. The molecule has 21 heavy (non-hydrogen) atoms. The Morgan fingerprint density at radius 2 is 1.52 bits per heavy atom. The van der Waals surface area contributed by atoms with Gasteiger partial charge in [0, 0.05) is 27.5 Å². The van der Waals surface area contributed by atoms with Gasteiger partial charge >= 0.3 is 5.97 Å². The summed E-state index contributed by atoms with van der Waals surface area (Å²) in [5.41, 5.74) is 0.623. The van der Waals surface area contributed by atoms with Crippen molar-refractivity contribution in [1.29, 1.82) is 0 Å². The third-order valence-corrected chi connectivity index (χ3v) is 3.89. The Morgan fingerprint density at radius 3 is 2.14 bits per heavy atom. The molecule has 0 spiro atoms. The number of amides is 1. The van der Waals surface area contributed by atoms with E-state index >= 15 is 0 Å². The van der Waals surface area contributed by atoms with Crippen LogP contribution in [0, 0.1) is 0 Å². The number of halogens is 2. The first-order valence-corrected chi connectivity index (χ1v) is 8.53. The van der Waals surface area contributed by atoms with E-state index < -0.39 is 5.97 Å². The molecule has 0 unspecified atom stereocenters. The normalized spacial score (nSPS) is 10.4. The van der Waals surface area contributed by atoms with Gasteiger partial charge in [0.05, 0.1) is 0 Å². The molecule has 1 amide bonds. The summed E-state index contributed by atoms with van der Waals surface area (Å²) >= 11 is 6.71. The molecule has 0 saturated carbocycles. The van der Waals surface area contributed by atoms with Crippen molar-refractivity contribution >= 4 is 43.7 Å². The Bertz CT molecular complexity index is 472. The van der Waals surface area contributed by atoms with Gasteiger partial charge in [0.25, 0.3) is 5.91 Å². The summed E-state index contributed by atoms with van der Waals surface area (Å²) in [5, 5.41) is 11.4. The van der Waals surface area contributed by atoms with Crippen LogP contribution in [0.2, 0.25) is 0 Å². The number of hydrogen-bond donors (Lipinski definition) is 2. The summed E-state index contributed by atoms with van der Waals surface area (Å²) in [6, 6.07) is 5.45. The number of carbonyl (C=O) groups excluding carboxylic acids is 1. The van der Waals surface area contributed by atoms with E-state index in [1.165, 1.54) is 0 Å². The number of unbranched alkanes of at least 4 members (excludes halogenated alkanes) is 4. The topological polar surface area (TPSA) is 66.4 Å². The van der Waals surface area contributed by atoms with Crippen LogP contribution in [0.3, 0.4) is 0 Å². The molecule has 0 heterocycles. The van der Waals surface area contributed by atoms with Gasteiger partial charge in [-0.3, -0.25) is 9.59 Å². The number of rotatable bonds is 9. The fourth-order valence-electron chi connectivity index (χ4n) is 1.92. The van der Waals surface area contributed by atoms with E-state index in [0.29, 0.717) is 12.1 Å². The maximum absolute atomic E-state index is 11.9. The molecular weight excluding hydrogens is 402 g/mol. The van der Waals surface area contributed by atoms with E-state index in [0.717, 1.165) is 41.0 Å².